The molecule has 4 atom stereocenters. The van der Waals surface area contributed by atoms with Crippen LogP contribution in [-0.4, -0.2) is 18.0 Å². The number of nitrogens with one attached hydrogen (secondary N) is 2. The van der Waals surface area contributed by atoms with E-state index in [1.165, 1.54) is 25.7 Å². The molecule has 3 amide bonds. The summed E-state index contributed by atoms with van der Waals surface area (Å²) in [6, 6.07) is 8.54. The maximum absolute atomic E-state index is 12.0. The van der Waals surface area contributed by atoms with Crippen LogP contribution in [0.4, 0.5) is 4.79 Å². The Kier molecular flexibility index (Phi) is 3.95. The van der Waals surface area contributed by atoms with Crippen molar-refractivity contribution in [2.45, 2.75) is 38.6 Å². The summed E-state index contributed by atoms with van der Waals surface area (Å²) >= 11 is 0. The van der Waals surface area contributed by atoms with Gasteiger partial charge in [0.05, 0.1) is 0 Å². The number of benzene rings is 1. The molecule has 112 valence electrons. The second-order valence-corrected chi connectivity index (χ2v) is 6.42. The largest absolute Gasteiger partial charge is 0.335 e. The Morgan fingerprint density at radius 3 is 2.52 bits per heavy atom. The Morgan fingerprint density at radius 2 is 1.90 bits per heavy atom. The first-order chi connectivity index (χ1) is 10.1. The SMILES string of the molecule is C[C@@H](NC(=O)NC(=O)c1ccccc1)[C@@H]1C[C@H]2CC[C@H]1C2. The molecule has 0 radical (unpaired) electrons. The normalized spacial score (nSPS) is 28.1. The van der Waals surface area contributed by atoms with Crippen LogP contribution in [0, 0.1) is 17.8 Å². The number of imide groups is 1. The fraction of sp³-hybridized carbons (Fsp3) is 0.529. The first-order valence-corrected chi connectivity index (χ1v) is 7.80. The highest BCUT2D eigenvalue weighted by atomic mass is 16.2. The van der Waals surface area contributed by atoms with Crippen LogP contribution < -0.4 is 10.6 Å². The van der Waals surface area contributed by atoms with E-state index in [9.17, 15) is 9.59 Å². The number of fused-ring (bicyclic) bond motifs is 2. The van der Waals surface area contributed by atoms with Gasteiger partial charge >= 0.3 is 6.03 Å². The molecule has 0 aromatic heterocycles. The van der Waals surface area contributed by atoms with Crippen molar-refractivity contribution in [1.82, 2.24) is 10.6 Å². The zero-order valence-electron chi connectivity index (χ0n) is 12.3. The summed E-state index contributed by atoms with van der Waals surface area (Å²) in [5, 5.41) is 5.34. The number of amides is 3. The maximum atomic E-state index is 12.0. The van der Waals surface area contributed by atoms with Gasteiger partial charge < -0.3 is 5.32 Å². The molecule has 2 saturated carbocycles. The minimum atomic E-state index is -0.390. The molecule has 2 bridgehead atoms. The monoisotopic (exact) mass is 286 g/mol. The zero-order chi connectivity index (χ0) is 14.8. The van der Waals surface area contributed by atoms with Crippen LogP contribution in [0.1, 0.15) is 43.0 Å². The Morgan fingerprint density at radius 1 is 1.14 bits per heavy atom. The summed E-state index contributed by atoms with van der Waals surface area (Å²) in [5.74, 6) is 1.84. The van der Waals surface area contributed by atoms with Crippen molar-refractivity contribution in [3.05, 3.63) is 35.9 Å². The van der Waals surface area contributed by atoms with Crippen LogP contribution in [0.5, 0.6) is 0 Å². The van der Waals surface area contributed by atoms with Crippen LogP contribution in [0.2, 0.25) is 0 Å². The summed E-state index contributed by atoms with van der Waals surface area (Å²) in [7, 11) is 0. The van der Waals surface area contributed by atoms with Gasteiger partial charge in [0.25, 0.3) is 5.91 Å². The van der Waals surface area contributed by atoms with Crippen molar-refractivity contribution in [1.29, 1.82) is 0 Å². The minimum Gasteiger partial charge on any atom is -0.335 e. The molecule has 1 aromatic rings. The van der Waals surface area contributed by atoms with Crippen molar-refractivity contribution in [3.8, 4) is 0 Å². The van der Waals surface area contributed by atoms with Gasteiger partial charge in [-0.25, -0.2) is 4.79 Å². The lowest BCUT2D eigenvalue weighted by atomic mass is 9.84. The van der Waals surface area contributed by atoms with Gasteiger partial charge in [-0.2, -0.15) is 0 Å². The van der Waals surface area contributed by atoms with Crippen molar-refractivity contribution >= 4 is 11.9 Å². The topological polar surface area (TPSA) is 58.2 Å². The summed E-state index contributed by atoms with van der Waals surface area (Å²) in [6.07, 6.45) is 5.19. The fourth-order valence-electron chi connectivity index (χ4n) is 4.02. The van der Waals surface area contributed by atoms with Crippen LogP contribution in [0.25, 0.3) is 0 Å². The Balaban J connectivity index is 1.51. The number of hydrogen-bond acceptors (Lipinski definition) is 2. The smallest absolute Gasteiger partial charge is 0.321 e. The van der Waals surface area contributed by atoms with Gasteiger partial charge in [0.1, 0.15) is 0 Å². The van der Waals surface area contributed by atoms with E-state index in [1.54, 1.807) is 24.3 Å². The molecule has 1 aromatic carbocycles. The molecule has 0 saturated heterocycles. The first kappa shape index (κ1) is 14.1. The highest BCUT2D eigenvalue weighted by Gasteiger charge is 2.42. The van der Waals surface area contributed by atoms with Crippen LogP contribution in [0.15, 0.2) is 30.3 Å². The van der Waals surface area contributed by atoms with E-state index >= 15 is 0 Å². The van der Waals surface area contributed by atoms with E-state index < -0.39 is 0 Å². The predicted octanol–water partition coefficient (Wildman–Crippen LogP) is 2.95. The lowest BCUT2D eigenvalue weighted by Gasteiger charge is -2.28. The van der Waals surface area contributed by atoms with E-state index in [4.69, 9.17) is 0 Å². The third kappa shape index (κ3) is 3.09. The highest BCUT2D eigenvalue weighted by Crippen LogP contribution is 2.49. The number of rotatable bonds is 3. The van der Waals surface area contributed by atoms with E-state index in [0.29, 0.717) is 11.5 Å². The molecular weight excluding hydrogens is 264 g/mol. The number of urea groups is 1. The van der Waals surface area contributed by atoms with Crippen LogP contribution in [-0.2, 0) is 0 Å². The van der Waals surface area contributed by atoms with Gasteiger partial charge in [0, 0.05) is 11.6 Å². The molecule has 2 N–H and O–H groups in total. The van der Waals surface area contributed by atoms with Crippen molar-refractivity contribution in [3.63, 3.8) is 0 Å². The number of carbonyl (C=O) groups excluding carboxylic acids is 2. The predicted molar refractivity (Wildman–Crippen MR) is 80.8 cm³/mol. The molecule has 4 heteroatoms. The average molecular weight is 286 g/mol. The molecule has 3 rings (SSSR count). The molecule has 4 nitrogen and oxygen atoms in total. The van der Waals surface area contributed by atoms with Gasteiger partial charge in [-0.15, -0.1) is 0 Å². The van der Waals surface area contributed by atoms with E-state index in [-0.39, 0.29) is 18.0 Å². The summed E-state index contributed by atoms with van der Waals surface area (Å²) < 4.78 is 0. The van der Waals surface area contributed by atoms with E-state index in [2.05, 4.69) is 17.6 Å². The van der Waals surface area contributed by atoms with E-state index in [0.717, 1.165) is 11.8 Å². The third-order valence-electron chi connectivity index (χ3n) is 5.06. The molecule has 21 heavy (non-hydrogen) atoms. The van der Waals surface area contributed by atoms with Crippen molar-refractivity contribution in [2.75, 3.05) is 0 Å². The molecule has 2 fully saturated rings. The van der Waals surface area contributed by atoms with Gasteiger partial charge in [0.15, 0.2) is 0 Å². The number of carbonyl (C=O) groups is 2. The molecular formula is C17H22N2O2. The molecule has 0 aliphatic heterocycles. The third-order valence-corrected chi connectivity index (χ3v) is 5.06. The molecule has 2 aliphatic rings. The summed E-state index contributed by atoms with van der Waals surface area (Å²) in [6.45, 7) is 2.05. The van der Waals surface area contributed by atoms with Crippen LogP contribution >= 0.6 is 0 Å². The Hall–Kier alpha value is -1.84. The van der Waals surface area contributed by atoms with Crippen molar-refractivity contribution < 1.29 is 9.59 Å². The minimum absolute atomic E-state index is 0.129. The Bertz CT molecular complexity index is 529. The molecule has 0 spiro atoms. The van der Waals surface area contributed by atoms with Gasteiger partial charge in [0.2, 0.25) is 0 Å². The highest BCUT2D eigenvalue weighted by molar-refractivity contribution is 6.04. The molecule has 0 unspecified atom stereocenters. The summed E-state index contributed by atoms with van der Waals surface area (Å²) in [4.78, 5) is 23.9. The number of hydrogen-bond donors (Lipinski definition) is 2. The zero-order valence-corrected chi connectivity index (χ0v) is 12.3. The average Bonchev–Trinajstić information content (AvgIpc) is 3.10. The standard InChI is InChI=1S/C17H22N2O2/c1-11(15-10-12-7-8-14(15)9-12)18-17(21)19-16(20)13-5-3-2-4-6-13/h2-6,11-12,14-15H,7-10H2,1H3,(H2,18,19,20,21)/t11-,12+,14+,15+/m1/s1. The maximum Gasteiger partial charge on any atom is 0.321 e. The lowest BCUT2D eigenvalue weighted by molar-refractivity contribution is 0.0962. The van der Waals surface area contributed by atoms with Crippen LogP contribution in [0.3, 0.4) is 0 Å². The van der Waals surface area contributed by atoms with Gasteiger partial charge in [-0.1, -0.05) is 24.6 Å². The Labute approximate surface area is 125 Å². The summed E-state index contributed by atoms with van der Waals surface area (Å²) in [5.41, 5.74) is 0.500. The molecule has 2 aliphatic carbocycles. The second-order valence-electron chi connectivity index (χ2n) is 6.42. The second kappa shape index (κ2) is 5.88. The van der Waals surface area contributed by atoms with Gasteiger partial charge in [-0.3, -0.25) is 10.1 Å². The van der Waals surface area contributed by atoms with Crippen molar-refractivity contribution in [2.24, 2.45) is 17.8 Å². The van der Waals surface area contributed by atoms with E-state index in [1.807, 2.05) is 6.07 Å². The molecule has 0 heterocycles. The van der Waals surface area contributed by atoms with Gasteiger partial charge in [-0.05, 0) is 56.1 Å². The fourth-order valence-corrected chi connectivity index (χ4v) is 4.02. The quantitative estimate of drug-likeness (QED) is 0.897. The lowest BCUT2D eigenvalue weighted by Crippen LogP contribution is -2.47. The first-order valence-electron chi connectivity index (χ1n) is 7.80.